The number of hydrogen-bond donors (Lipinski definition) is 2. The summed E-state index contributed by atoms with van der Waals surface area (Å²) in [6, 6.07) is 6.66. The molecule has 2 heterocycles. The van der Waals surface area contributed by atoms with E-state index in [-0.39, 0.29) is 22.9 Å². The minimum Gasteiger partial charge on any atom is -0.366 e. The maximum absolute atomic E-state index is 13.9. The van der Waals surface area contributed by atoms with Gasteiger partial charge in [0.1, 0.15) is 17.6 Å². The highest BCUT2D eigenvalue weighted by Gasteiger charge is 2.38. The molecule has 0 bridgehead atoms. The van der Waals surface area contributed by atoms with Gasteiger partial charge in [-0.15, -0.1) is 0 Å². The number of rotatable bonds is 4. The molecule has 0 aliphatic carbocycles. The normalized spacial score (nSPS) is 17.0. The van der Waals surface area contributed by atoms with Crippen LogP contribution in [0, 0.1) is 5.82 Å². The molecule has 130 valence electrons. The van der Waals surface area contributed by atoms with E-state index in [4.69, 9.17) is 5.73 Å². The summed E-state index contributed by atoms with van der Waals surface area (Å²) in [6.45, 7) is 0.319. The number of carbonyl (C=O) groups is 3. The van der Waals surface area contributed by atoms with Crippen molar-refractivity contribution < 1.29 is 18.8 Å². The Morgan fingerprint density at radius 2 is 2.08 bits per heavy atom. The second-order valence-corrected chi connectivity index (χ2v) is 5.83. The van der Waals surface area contributed by atoms with Crippen molar-refractivity contribution in [2.24, 2.45) is 5.73 Å². The van der Waals surface area contributed by atoms with Gasteiger partial charge in [0.25, 0.3) is 5.91 Å². The zero-order chi connectivity index (χ0) is 18.1. The van der Waals surface area contributed by atoms with Crippen molar-refractivity contribution in [1.82, 2.24) is 9.88 Å². The van der Waals surface area contributed by atoms with E-state index >= 15 is 0 Å². The number of carbonyl (C=O) groups excluding carboxylic acids is 3. The third-order valence-electron chi connectivity index (χ3n) is 4.31. The minimum absolute atomic E-state index is 0.161. The highest BCUT2D eigenvalue weighted by Crippen LogP contribution is 2.26. The number of halogens is 1. The molecule has 1 atom stereocenters. The summed E-state index contributed by atoms with van der Waals surface area (Å²) < 4.78 is 13.9. The van der Waals surface area contributed by atoms with Crippen LogP contribution in [0.2, 0.25) is 0 Å². The first-order valence-corrected chi connectivity index (χ1v) is 7.71. The van der Waals surface area contributed by atoms with Gasteiger partial charge in [-0.1, -0.05) is 12.1 Å². The van der Waals surface area contributed by atoms with E-state index in [1.165, 1.54) is 41.2 Å². The Labute approximate surface area is 143 Å². The van der Waals surface area contributed by atoms with E-state index in [9.17, 15) is 18.8 Å². The number of aromatic nitrogens is 1. The topological polar surface area (TPSA) is 99.5 Å². The molecule has 0 spiro atoms. The van der Waals surface area contributed by atoms with Crippen LogP contribution in [0.3, 0.4) is 0 Å². The fraction of sp³-hybridized carbons (Fsp3) is 0.235. The van der Waals surface area contributed by atoms with Crippen LogP contribution in [-0.2, 0) is 4.79 Å². The summed E-state index contributed by atoms with van der Waals surface area (Å²) >= 11 is 0. The maximum atomic E-state index is 13.9. The Bertz CT molecular complexity index is 848. The predicted molar refractivity (Wildman–Crippen MR) is 88.6 cm³/mol. The molecule has 7 nitrogen and oxygen atoms in total. The fourth-order valence-electron chi connectivity index (χ4n) is 2.93. The van der Waals surface area contributed by atoms with Crippen LogP contribution in [-0.4, -0.2) is 47.2 Å². The number of H-pyrrole nitrogens is 1. The number of amides is 3. The first-order chi connectivity index (χ1) is 11.9. The predicted octanol–water partition coefficient (Wildman–Crippen LogP) is 1.13. The zero-order valence-corrected chi connectivity index (χ0v) is 13.5. The summed E-state index contributed by atoms with van der Waals surface area (Å²) in [6.07, 6.45) is 1.73. The number of nitrogens with two attached hydrogens (primary N) is 1. The fourth-order valence-corrected chi connectivity index (χ4v) is 2.93. The second-order valence-electron chi connectivity index (χ2n) is 5.83. The van der Waals surface area contributed by atoms with E-state index in [1.54, 1.807) is 12.1 Å². The number of nitrogens with zero attached hydrogens (tertiary/aromatic N) is 2. The number of anilines is 1. The van der Waals surface area contributed by atoms with Crippen molar-refractivity contribution in [2.45, 2.75) is 12.5 Å². The maximum Gasteiger partial charge on any atom is 0.270 e. The number of nitrogens with one attached hydrogen (secondary N) is 1. The molecule has 1 fully saturated rings. The Morgan fingerprint density at radius 3 is 2.72 bits per heavy atom. The van der Waals surface area contributed by atoms with Crippen molar-refractivity contribution in [3.05, 3.63) is 53.6 Å². The molecule has 2 aromatic rings. The van der Waals surface area contributed by atoms with E-state index < -0.39 is 23.7 Å². The number of benzene rings is 1. The summed E-state index contributed by atoms with van der Waals surface area (Å²) in [5.74, 6) is -1.93. The minimum atomic E-state index is -0.701. The van der Waals surface area contributed by atoms with Gasteiger partial charge in [-0.05, 0) is 24.6 Å². The van der Waals surface area contributed by atoms with Crippen LogP contribution in [0.25, 0.3) is 0 Å². The van der Waals surface area contributed by atoms with Crippen LogP contribution in [0.4, 0.5) is 10.1 Å². The smallest absolute Gasteiger partial charge is 0.270 e. The SMILES string of the molecule is CN(C(=O)c1cc(C(N)=O)c[nH]1)C1CCN(c2ccccc2F)C1=O. The summed E-state index contributed by atoms with van der Waals surface area (Å²) in [5.41, 5.74) is 5.71. The van der Waals surface area contributed by atoms with Gasteiger partial charge in [0, 0.05) is 19.8 Å². The second kappa shape index (κ2) is 6.39. The molecule has 25 heavy (non-hydrogen) atoms. The lowest BCUT2D eigenvalue weighted by Crippen LogP contribution is -2.43. The zero-order valence-electron chi connectivity index (χ0n) is 13.5. The third-order valence-corrected chi connectivity index (χ3v) is 4.31. The standard InChI is InChI=1S/C17H17FN4O3/c1-21(16(24)12-8-10(9-20-12)15(19)23)14-6-7-22(17(14)25)13-5-3-2-4-11(13)18/h2-5,8-9,14,20H,6-7H2,1H3,(H2,19,23). The third kappa shape index (κ3) is 2.98. The van der Waals surface area contributed by atoms with Gasteiger partial charge >= 0.3 is 0 Å². The molecule has 1 aliphatic rings. The number of likely N-dealkylation sites (N-methyl/N-ethyl adjacent to an activating group) is 1. The van der Waals surface area contributed by atoms with E-state index in [1.807, 2.05) is 0 Å². The quantitative estimate of drug-likeness (QED) is 0.869. The molecule has 1 aromatic carbocycles. The Morgan fingerprint density at radius 1 is 1.36 bits per heavy atom. The summed E-state index contributed by atoms with van der Waals surface area (Å²) in [4.78, 5) is 41.6. The van der Waals surface area contributed by atoms with Crippen molar-refractivity contribution in [3.63, 3.8) is 0 Å². The molecule has 1 aliphatic heterocycles. The first kappa shape index (κ1) is 16.7. The summed E-state index contributed by atoms with van der Waals surface area (Å²) in [5, 5.41) is 0. The molecule has 3 rings (SSSR count). The molecule has 0 saturated carbocycles. The highest BCUT2D eigenvalue weighted by molar-refractivity contribution is 6.04. The number of aromatic amines is 1. The lowest BCUT2D eigenvalue weighted by molar-refractivity contribution is -0.120. The molecule has 3 amide bonds. The highest BCUT2D eigenvalue weighted by atomic mass is 19.1. The van der Waals surface area contributed by atoms with Gasteiger partial charge in [0.15, 0.2) is 0 Å². The molecular weight excluding hydrogens is 327 g/mol. The van der Waals surface area contributed by atoms with Gasteiger partial charge in [-0.3, -0.25) is 14.4 Å². The van der Waals surface area contributed by atoms with E-state index in [0.717, 1.165) is 0 Å². The van der Waals surface area contributed by atoms with Crippen molar-refractivity contribution in [2.75, 3.05) is 18.5 Å². The van der Waals surface area contributed by atoms with E-state index in [2.05, 4.69) is 4.98 Å². The largest absolute Gasteiger partial charge is 0.366 e. The summed E-state index contributed by atoms with van der Waals surface area (Å²) in [7, 11) is 1.50. The first-order valence-electron chi connectivity index (χ1n) is 7.71. The van der Waals surface area contributed by atoms with Gasteiger partial charge < -0.3 is 20.5 Å². The lowest BCUT2D eigenvalue weighted by atomic mass is 10.2. The molecule has 8 heteroatoms. The van der Waals surface area contributed by atoms with Gasteiger partial charge in [-0.2, -0.15) is 0 Å². The monoisotopic (exact) mass is 344 g/mol. The van der Waals surface area contributed by atoms with Crippen LogP contribution < -0.4 is 10.6 Å². The molecule has 1 unspecified atom stereocenters. The van der Waals surface area contributed by atoms with Crippen molar-refractivity contribution >= 4 is 23.4 Å². The van der Waals surface area contributed by atoms with Crippen LogP contribution in [0.15, 0.2) is 36.5 Å². The van der Waals surface area contributed by atoms with Gasteiger partial charge in [-0.25, -0.2) is 4.39 Å². The average Bonchev–Trinajstić information content (AvgIpc) is 3.21. The van der Waals surface area contributed by atoms with Gasteiger partial charge in [0.2, 0.25) is 11.8 Å². The Kier molecular flexibility index (Phi) is 4.26. The van der Waals surface area contributed by atoms with E-state index in [0.29, 0.717) is 13.0 Å². The molecule has 1 aromatic heterocycles. The number of primary amides is 1. The molecule has 1 saturated heterocycles. The van der Waals surface area contributed by atoms with Crippen LogP contribution in [0.1, 0.15) is 27.3 Å². The lowest BCUT2D eigenvalue weighted by Gasteiger charge is -2.23. The van der Waals surface area contributed by atoms with Crippen LogP contribution >= 0.6 is 0 Å². The molecule has 0 radical (unpaired) electrons. The Hall–Kier alpha value is -3.16. The number of para-hydroxylation sites is 1. The average molecular weight is 344 g/mol. The van der Waals surface area contributed by atoms with Crippen molar-refractivity contribution in [3.8, 4) is 0 Å². The molecule has 3 N–H and O–H groups in total. The number of hydrogen-bond acceptors (Lipinski definition) is 3. The van der Waals surface area contributed by atoms with Crippen molar-refractivity contribution in [1.29, 1.82) is 0 Å². The molecular formula is C17H17FN4O3. The Balaban J connectivity index is 1.78. The van der Waals surface area contributed by atoms with Gasteiger partial charge in [0.05, 0.1) is 11.3 Å². The van der Waals surface area contributed by atoms with Crippen LogP contribution in [0.5, 0.6) is 0 Å².